The summed E-state index contributed by atoms with van der Waals surface area (Å²) in [6.45, 7) is 0. The second-order valence-electron chi connectivity index (χ2n) is 2.31. The van der Waals surface area contributed by atoms with E-state index in [2.05, 4.69) is 15.1 Å². The van der Waals surface area contributed by atoms with Gasteiger partial charge in [0, 0.05) is 0 Å². The monoisotopic (exact) mass is 176 g/mol. The van der Waals surface area contributed by atoms with Gasteiger partial charge >= 0.3 is 0 Å². The zero-order valence-electron chi connectivity index (χ0n) is 6.35. The van der Waals surface area contributed by atoms with Crippen molar-refractivity contribution in [2.75, 3.05) is 5.73 Å². The number of aromatic nitrogens is 4. The Kier molecular flexibility index (Phi) is 1.30. The normalized spacial score (nSPS) is 10.1. The molecule has 0 atom stereocenters. The highest BCUT2D eigenvalue weighted by Gasteiger charge is 2.10. The molecule has 64 valence electrons. The number of nitrogens with one attached hydrogen (secondary N) is 1. The van der Waals surface area contributed by atoms with Gasteiger partial charge in [-0.25, -0.2) is 4.98 Å². The molecule has 0 saturated heterocycles. The van der Waals surface area contributed by atoms with Crippen molar-refractivity contribution in [1.82, 2.24) is 19.6 Å². The lowest BCUT2D eigenvalue weighted by Gasteiger charge is -1.94. The molecule has 13 heavy (non-hydrogen) atoms. The van der Waals surface area contributed by atoms with Gasteiger partial charge in [-0.2, -0.15) is 14.8 Å². The summed E-state index contributed by atoms with van der Waals surface area (Å²) < 4.78 is 1.05. The van der Waals surface area contributed by atoms with Crippen LogP contribution in [0.15, 0.2) is 11.1 Å². The molecular formula is C6H4N6O. The molecule has 0 aliphatic carbocycles. The van der Waals surface area contributed by atoms with Crippen LogP contribution in [0, 0.1) is 11.3 Å². The minimum absolute atomic E-state index is 0.0976. The van der Waals surface area contributed by atoms with Crippen LogP contribution < -0.4 is 11.3 Å². The number of nitriles is 1. The van der Waals surface area contributed by atoms with E-state index < -0.39 is 5.56 Å². The van der Waals surface area contributed by atoms with Gasteiger partial charge in [-0.15, -0.1) is 0 Å². The zero-order valence-corrected chi connectivity index (χ0v) is 6.35. The van der Waals surface area contributed by atoms with Crippen LogP contribution in [0.1, 0.15) is 5.56 Å². The summed E-state index contributed by atoms with van der Waals surface area (Å²) in [6.07, 6.45) is 1.30. The third-order valence-corrected chi connectivity index (χ3v) is 1.57. The predicted molar refractivity (Wildman–Crippen MR) is 42.7 cm³/mol. The SMILES string of the molecule is N#Cc1c(N)nc2nc[nH]n2c1=O. The van der Waals surface area contributed by atoms with E-state index in [1.165, 1.54) is 6.33 Å². The number of hydrogen-bond acceptors (Lipinski definition) is 5. The summed E-state index contributed by atoms with van der Waals surface area (Å²) in [5.74, 6) is 0.0566. The Bertz CT molecular complexity index is 558. The molecule has 2 aromatic heterocycles. The average molecular weight is 176 g/mol. The Morgan fingerprint density at radius 2 is 2.46 bits per heavy atom. The van der Waals surface area contributed by atoms with Gasteiger partial charge in [0.25, 0.3) is 11.3 Å². The average Bonchev–Trinajstić information content (AvgIpc) is 2.53. The van der Waals surface area contributed by atoms with Gasteiger partial charge in [-0.3, -0.25) is 9.89 Å². The first-order chi connectivity index (χ1) is 6.24. The van der Waals surface area contributed by atoms with E-state index in [0.717, 1.165) is 4.52 Å². The van der Waals surface area contributed by atoms with E-state index >= 15 is 0 Å². The second-order valence-corrected chi connectivity index (χ2v) is 2.31. The fraction of sp³-hybridized carbons (Fsp3) is 0. The van der Waals surface area contributed by atoms with E-state index in [9.17, 15) is 4.79 Å². The second kappa shape index (κ2) is 2.31. The highest BCUT2D eigenvalue weighted by atomic mass is 16.1. The molecule has 7 heteroatoms. The number of fused-ring (bicyclic) bond motifs is 1. The van der Waals surface area contributed by atoms with Gasteiger partial charge in [0.1, 0.15) is 12.4 Å². The molecule has 0 spiro atoms. The van der Waals surface area contributed by atoms with Crippen LogP contribution in [0.25, 0.3) is 5.78 Å². The molecule has 2 rings (SSSR count). The number of hydrogen-bond donors (Lipinski definition) is 2. The fourth-order valence-electron chi connectivity index (χ4n) is 0.978. The van der Waals surface area contributed by atoms with E-state index in [4.69, 9.17) is 11.0 Å². The van der Waals surface area contributed by atoms with Gasteiger partial charge in [-0.05, 0) is 0 Å². The van der Waals surface area contributed by atoms with Gasteiger partial charge in [0.15, 0.2) is 11.4 Å². The Hall–Kier alpha value is -2.36. The van der Waals surface area contributed by atoms with Crippen molar-refractivity contribution in [3.63, 3.8) is 0 Å². The molecule has 3 N–H and O–H groups in total. The van der Waals surface area contributed by atoms with Crippen molar-refractivity contribution in [2.24, 2.45) is 0 Å². The fourth-order valence-corrected chi connectivity index (χ4v) is 0.978. The molecular weight excluding hydrogens is 172 g/mol. The molecule has 0 saturated carbocycles. The van der Waals surface area contributed by atoms with Crippen molar-refractivity contribution in [3.05, 3.63) is 22.2 Å². The molecule has 0 bridgehead atoms. The highest BCUT2D eigenvalue weighted by molar-refractivity contribution is 5.50. The first-order valence-corrected chi connectivity index (χ1v) is 3.35. The van der Waals surface area contributed by atoms with Crippen molar-refractivity contribution >= 4 is 11.6 Å². The molecule has 0 radical (unpaired) electrons. The van der Waals surface area contributed by atoms with Crippen molar-refractivity contribution in [3.8, 4) is 6.07 Å². The summed E-state index contributed by atoms with van der Waals surface area (Å²) in [5.41, 5.74) is 4.64. The summed E-state index contributed by atoms with van der Waals surface area (Å²) in [6, 6.07) is 1.68. The Morgan fingerprint density at radius 1 is 1.69 bits per heavy atom. The Labute approximate surface area is 71.4 Å². The zero-order chi connectivity index (χ0) is 9.42. The van der Waals surface area contributed by atoms with Crippen LogP contribution >= 0.6 is 0 Å². The molecule has 0 unspecified atom stereocenters. The summed E-state index contributed by atoms with van der Waals surface area (Å²) >= 11 is 0. The maximum absolute atomic E-state index is 11.4. The molecule has 2 aromatic rings. The number of nitrogens with two attached hydrogens (primary N) is 1. The quantitative estimate of drug-likeness (QED) is 0.527. The molecule has 0 aliphatic heterocycles. The summed E-state index contributed by atoms with van der Waals surface area (Å²) in [4.78, 5) is 18.9. The molecule has 2 heterocycles. The van der Waals surface area contributed by atoms with Crippen molar-refractivity contribution in [2.45, 2.75) is 0 Å². The number of aromatic amines is 1. The Balaban J connectivity index is 3.04. The topological polar surface area (TPSA) is 113 Å². The third kappa shape index (κ3) is 0.856. The van der Waals surface area contributed by atoms with Crippen LogP contribution in [0.4, 0.5) is 5.82 Å². The smallest absolute Gasteiger partial charge is 0.294 e. The van der Waals surface area contributed by atoms with E-state index in [-0.39, 0.29) is 17.2 Å². The first-order valence-electron chi connectivity index (χ1n) is 3.35. The van der Waals surface area contributed by atoms with E-state index in [0.29, 0.717) is 0 Å². The maximum Gasteiger partial charge on any atom is 0.294 e. The Morgan fingerprint density at radius 3 is 3.15 bits per heavy atom. The maximum atomic E-state index is 11.4. The molecule has 0 fully saturated rings. The molecule has 0 amide bonds. The number of anilines is 1. The summed E-state index contributed by atoms with van der Waals surface area (Å²) in [5, 5.41) is 11.1. The van der Waals surface area contributed by atoms with Crippen LogP contribution in [0.3, 0.4) is 0 Å². The van der Waals surface area contributed by atoms with Gasteiger partial charge in [0.2, 0.25) is 0 Å². The predicted octanol–water partition coefficient (Wildman–Crippen LogP) is -1.13. The largest absolute Gasteiger partial charge is 0.382 e. The summed E-state index contributed by atoms with van der Waals surface area (Å²) in [7, 11) is 0. The highest BCUT2D eigenvalue weighted by Crippen LogP contribution is 2.01. The molecule has 0 aliphatic rings. The number of nitrogen functional groups attached to an aromatic ring is 1. The number of nitrogens with zero attached hydrogens (tertiary/aromatic N) is 4. The standard InChI is InChI=1S/C6H4N6O/c7-1-3-4(8)11-6-9-2-10-12(6)5(3)13/h2H,8H2,(H,9,10,11). The van der Waals surface area contributed by atoms with Gasteiger partial charge in [0.05, 0.1) is 0 Å². The van der Waals surface area contributed by atoms with Gasteiger partial charge < -0.3 is 5.73 Å². The molecule has 0 aromatic carbocycles. The third-order valence-electron chi connectivity index (χ3n) is 1.57. The van der Waals surface area contributed by atoms with Crippen LogP contribution in [-0.4, -0.2) is 19.6 Å². The van der Waals surface area contributed by atoms with Crippen LogP contribution in [0.2, 0.25) is 0 Å². The number of rotatable bonds is 0. The van der Waals surface area contributed by atoms with Crippen LogP contribution in [-0.2, 0) is 0 Å². The lowest BCUT2D eigenvalue weighted by Crippen LogP contribution is -2.20. The molecule has 7 nitrogen and oxygen atoms in total. The van der Waals surface area contributed by atoms with Crippen LogP contribution in [0.5, 0.6) is 0 Å². The van der Waals surface area contributed by atoms with Crippen molar-refractivity contribution < 1.29 is 0 Å². The first kappa shape index (κ1) is 7.30. The van der Waals surface area contributed by atoms with E-state index in [1.54, 1.807) is 6.07 Å². The van der Waals surface area contributed by atoms with E-state index in [1.807, 2.05) is 0 Å². The lowest BCUT2D eigenvalue weighted by atomic mass is 10.3. The lowest BCUT2D eigenvalue weighted by molar-refractivity contribution is 0.896. The van der Waals surface area contributed by atoms with Crippen molar-refractivity contribution in [1.29, 1.82) is 5.26 Å². The minimum atomic E-state index is -0.539. The number of H-pyrrole nitrogens is 1. The van der Waals surface area contributed by atoms with Gasteiger partial charge in [-0.1, -0.05) is 0 Å². The minimum Gasteiger partial charge on any atom is -0.382 e.